The van der Waals surface area contributed by atoms with Crippen LogP contribution in [0.5, 0.6) is 0 Å². The maximum atomic E-state index is 12.6. The number of fused-ring (bicyclic) bond motifs is 2. The number of furan rings is 1. The molecule has 1 amide bonds. The van der Waals surface area contributed by atoms with Gasteiger partial charge in [-0.3, -0.25) is 4.79 Å². The van der Waals surface area contributed by atoms with Crippen LogP contribution in [0.3, 0.4) is 0 Å². The van der Waals surface area contributed by atoms with Crippen molar-refractivity contribution in [2.45, 2.75) is 37.4 Å². The molecule has 6 heteroatoms. The van der Waals surface area contributed by atoms with Gasteiger partial charge in [-0.2, -0.15) is 0 Å². The first kappa shape index (κ1) is 16.8. The molecule has 0 spiro atoms. The fourth-order valence-corrected chi connectivity index (χ4v) is 4.59. The highest BCUT2D eigenvalue weighted by Crippen LogP contribution is 2.33. The van der Waals surface area contributed by atoms with Gasteiger partial charge in [0.1, 0.15) is 5.76 Å². The Balaban J connectivity index is 1.34. The van der Waals surface area contributed by atoms with Crippen LogP contribution in [0.1, 0.15) is 29.8 Å². The molecule has 3 fully saturated rings. The minimum Gasteiger partial charge on any atom is -0.451 e. The van der Waals surface area contributed by atoms with E-state index in [2.05, 4.69) is 21.6 Å². The fourth-order valence-electron chi connectivity index (χ4n) is 4.59. The third kappa shape index (κ3) is 3.24. The van der Waals surface area contributed by atoms with Crippen molar-refractivity contribution in [1.82, 2.24) is 10.6 Å². The van der Waals surface area contributed by atoms with Crippen molar-refractivity contribution in [1.29, 1.82) is 0 Å². The number of rotatable bonds is 4. The van der Waals surface area contributed by atoms with E-state index in [0.29, 0.717) is 17.8 Å². The Morgan fingerprint density at radius 3 is 2.74 bits per heavy atom. The smallest absolute Gasteiger partial charge is 0.287 e. The third-order valence-corrected chi connectivity index (χ3v) is 5.97. The SMILES string of the molecule is O=C(N[C@@H]1C[C@H]2CC[C@@H]1N2)c1ccc(-c2ccccc2N2CCOCC2)o1. The molecule has 0 unspecified atom stereocenters. The van der Waals surface area contributed by atoms with Crippen molar-refractivity contribution in [2.75, 3.05) is 31.2 Å². The molecule has 4 heterocycles. The molecular weight excluding hydrogens is 342 g/mol. The number of amides is 1. The van der Waals surface area contributed by atoms with Gasteiger partial charge in [0.2, 0.25) is 0 Å². The molecule has 142 valence electrons. The summed E-state index contributed by atoms with van der Waals surface area (Å²) in [5, 5.41) is 6.70. The number of nitrogens with zero attached hydrogens (tertiary/aromatic N) is 1. The summed E-state index contributed by atoms with van der Waals surface area (Å²) in [5.74, 6) is 0.988. The van der Waals surface area contributed by atoms with Crippen molar-refractivity contribution in [3.63, 3.8) is 0 Å². The van der Waals surface area contributed by atoms with Crippen molar-refractivity contribution in [2.24, 2.45) is 0 Å². The Bertz CT molecular complexity index is 828. The maximum absolute atomic E-state index is 12.6. The van der Waals surface area contributed by atoms with Crippen LogP contribution in [0, 0.1) is 0 Å². The first-order valence-corrected chi connectivity index (χ1v) is 9.87. The Morgan fingerprint density at radius 1 is 1.11 bits per heavy atom. The van der Waals surface area contributed by atoms with Gasteiger partial charge in [0.05, 0.1) is 13.2 Å². The first-order valence-electron chi connectivity index (χ1n) is 9.87. The lowest BCUT2D eigenvalue weighted by Gasteiger charge is -2.30. The second-order valence-electron chi connectivity index (χ2n) is 7.64. The van der Waals surface area contributed by atoms with E-state index in [1.807, 2.05) is 24.3 Å². The lowest BCUT2D eigenvalue weighted by molar-refractivity contribution is 0.0903. The van der Waals surface area contributed by atoms with Crippen LogP contribution in [-0.4, -0.2) is 50.3 Å². The van der Waals surface area contributed by atoms with Gasteiger partial charge in [-0.05, 0) is 43.5 Å². The van der Waals surface area contributed by atoms with Crippen molar-refractivity contribution in [3.8, 4) is 11.3 Å². The van der Waals surface area contributed by atoms with Gasteiger partial charge in [0, 0.05) is 42.5 Å². The predicted molar refractivity (Wildman–Crippen MR) is 103 cm³/mol. The van der Waals surface area contributed by atoms with Gasteiger partial charge < -0.3 is 24.7 Å². The summed E-state index contributed by atoms with van der Waals surface area (Å²) >= 11 is 0. The zero-order valence-electron chi connectivity index (χ0n) is 15.3. The second-order valence-corrected chi connectivity index (χ2v) is 7.64. The quantitative estimate of drug-likeness (QED) is 0.869. The summed E-state index contributed by atoms with van der Waals surface area (Å²) in [7, 11) is 0. The summed E-state index contributed by atoms with van der Waals surface area (Å²) in [6.45, 7) is 3.19. The lowest BCUT2D eigenvalue weighted by Crippen LogP contribution is -2.42. The average molecular weight is 367 g/mol. The summed E-state index contributed by atoms with van der Waals surface area (Å²) in [4.78, 5) is 15.0. The molecule has 2 bridgehead atoms. The monoisotopic (exact) mass is 367 g/mol. The first-order chi connectivity index (χ1) is 13.3. The number of para-hydroxylation sites is 1. The van der Waals surface area contributed by atoms with E-state index in [1.54, 1.807) is 6.07 Å². The number of hydrogen-bond acceptors (Lipinski definition) is 5. The van der Waals surface area contributed by atoms with Gasteiger partial charge in [-0.1, -0.05) is 12.1 Å². The molecule has 6 nitrogen and oxygen atoms in total. The van der Waals surface area contributed by atoms with E-state index in [9.17, 15) is 4.79 Å². The largest absolute Gasteiger partial charge is 0.451 e. The predicted octanol–water partition coefficient (Wildman–Crippen LogP) is 2.41. The summed E-state index contributed by atoms with van der Waals surface area (Å²) in [6.07, 6.45) is 3.38. The third-order valence-electron chi connectivity index (χ3n) is 5.97. The highest BCUT2D eigenvalue weighted by Gasteiger charge is 2.40. The molecular formula is C21H25N3O3. The number of nitrogens with one attached hydrogen (secondary N) is 2. The Labute approximate surface area is 158 Å². The zero-order chi connectivity index (χ0) is 18.2. The number of ether oxygens (including phenoxy) is 1. The normalized spacial score (nSPS) is 27.1. The minimum atomic E-state index is -0.121. The lowest BCUT2D eigenvalue weighted by atomic mass is 9.95. The summed E-state index contributed by atoms with van der Waals surface area (Å²) in [5.41, 5.74) is 2.14. The van der Waals surface area contributed by atoms with Crippen LogP contribution in [0.2, 0.25) is 0 Å². The standard InChI is InChI=1S/C21H25N3O3/c25-21(23-17-13-14-5-6-16(17)22-14)20-8-7-19(27-20)15-3-1-2-4-18(15)24-9-11-26-12-10-24/h1-4,7-8,14,16-17,22H,5-6,9-13H2,(H,23,25)/t14-,16+,17-/m1/s1. The minimum absolute atomic E-state index is 0.121. The van der Waals surface area contributed by atoms with Crippen LogP contribution in [0.4, 0.5) is 5.69 Å². The number of hydrogen-bond donors (Lipinski definition) is 2. The van der Waals surface area contributed by atoms with Gasteiger partial charge in [-0.15, -0.1) is 0 Å². The molecule has 1 aromatic heterocycles. The van der Waals surface area contributed by atoms with E-state index < -0.39 is 0 Å². The van der Waals surface area contributed by atoms with E-state index in [1.165, 1.54) is 6.42 Å². The highest BCUT2D eigenvalue weighted by molar-refractivity contribution is 5.92. The molecule has 3 aliphatic rings. The number of anilines is 1. The Hall–Kier alpha value is -2.31. The van der Waals surface area contributed by atoms with Crippen LogP contribution in [0.15, 0.2) is 40.8 Å². The molecule has 2 aromatic rings. The van der Waals surface area contributed by atoms with Crippen LogP contribution < -0.4 is 15.5 Å². The van der Waals surface area contributed by atoms with Crippen LogP contribution in [0.25, 0.3) is 11.3 Å². The van der Waals surface area contributed by atoms with Gasteiger partial charge in [0.25, 0.3) is 5.91 Å². The molecule has 3 atom stereocenters. The average Bonchev–Trinajstić information content (AvgIpc) is 3.46. The summed E-state index contributed by atoms with van der Waals surface area (Å²) < 4.78 is 11.4. The van der Waals surface area contributed by atoms with E-state index in [4.69, 9.17) is 9.15 Å². The van der Waals surface area contributed by atoms with Crippen molar-refractivity contribution in [3.05, 3.63) is 42.2 Å². The Morgan fingerprint density at radius 2 is 1.96 bits per heavy atom. The summed E-state index contributed by atoms with van der Waals surface area (Å²) in [6, 6.07) is 13.0. The van der Waals surface area contributed by atoms with Crippen molar-refractivity contribution >= 4 is 11.6 Å². The van der Waals surface area contributed by atoms with E-state index in [-0.39, 0.29) is 11.9 Å². The number of carbonyl (C=O) groups excluding carboxylic acids is 1. The van der Waals surface area contributed by atoms with Gasteiger partial charge in [0.15, 0.2) is 5.76 Å². The molecule has 3 saturated heterocycles. The molecule has 0 saturated carbocycles. The van der Waals surface area contributed by atoms with Crippen LogP contribution >= 0.6 is 0 Å². The molecule has 0 radical (unpaired) electrons. The molecule has 3 aliphatic heterocycles. The van der Waals surface area contributed by atoms with Crippen molar-refractivity contribution < 1.29 is 13.9 Å². The molecule has 5 rings (SSSR count). The van der Waals surface area contributed by atoms with Gasteiger partial charge >= 0.3 is 0 Å². The Kier molecular flexibility index (Phi) is 4.38. The number of benzene rings is 1. The van der Waals surface area contributed by atoms with Crippen LogP contribution in [-0.2, 0) is 4.74 Å². The maximum Gasteiger partial charge on any atom is 0.287 e. The number of carbonyl (C=O) groups is 1. The molecule has 0 aliphatic carbocycles. The number of morpholine rings is 1. The van der Waals surface area contributed by atoms with E-state index in [0.717, 1.165) is 56.2 Å². The fraction of sp³-hybridized carbons (Fsp3) is 0.476. The molecule has 27 heavy (non-hydrogen) atoms. The second kappa shape index (κ2) is 7.02. The molecule has 1 aromatic carbocycles. The van der Waals surface area contributed by atoms with E-state index >= 15 is 0 Å². The van der Waals surface area contributed by atoms with Gasteiger partial charge in [-0.25, -0.2) is 0 Å². The topological polar surface area (TPSA) is 66.7 Å². The highest BCUT2D eigenvalue weighted by atomic mass is 16.5. The zero-order valence-corrected chi connectivity index (χ0v) is 15.3. The molecule has 2 N–H and O–H groups in total.